The number of benzene rings is 1. The standard InChI is InChI=1S/C22H31N5O4S2/c1-2-31-18-11-10-17(14-19(18)33(29,30)27-12-6-3-7-13-27)23-20(28)15-32-22-24-21(25-26-22)16-8-4-5-9-16/h10-11,14,16H,2-9,12-13,15H2,1H3,(H,23,28)(H,24,25,26). The summed E-state index contributed by atoms with van der Waals surface area (Å²) in [4.78, 5) is 17.1. The van der Waals surface area contributed by atoms with E-state index in [1.807, 2.05) is 6.92 Å². The third-order valence-electron chi connectivity index (χ3n) is 6.02. The van der Waals surface area contributed by atoms with Gasteiger partial charge in [0.1, 0.15) is 16.5 Å². The Hall–Kier alpha value is -2.11. The van der Waals surface area contributed by atoms with Crippen molar-refractivity contribution in [1.82, 2.24) is 19.5 Å². The van der Waals surface area contributed by atoms with Gasteiger partial charge in [-0.3, -0.25) is 9.89 Å². The first-order valence-corrected chi connectivity index (χ1v) is 14.0. The number of rotatable bonds is 9. The van der Waals surface area contributed by atoms with Crippen LogP contribution in [0.25, 0.3) is 0 Å². The number of ether oxygens (including phenoxy) is 1. The zero-order valence-electron chi connectivity index (χ0n) is 18.9. The zero-order chi connectivity index (χ0) is 23.3. The van der Waals surface area contributed by atoms with Gasteiger partial charge in [0.15, 0.2) is 0 Å². The molecule has 2 fully saturated rings. The highest BCUT2D eigenvalue weighted by Crippen LogP contribution is 2.33. The van der Waals surface area contributed by atoms with Gasteiger partial charge in [-0.2, -0.15) is 4.31 Å². The molecule has 0 radical (unpaired) electrons. The number of piperidine rings is 1. The molecule has 0 spiro atoms. The number of H-pyrrole nitrogens is 1. The van der Waals surface area contributed by atoms with Crippen molar-refractivity contribution in [1.29, 1.82) is 0 Å². The number of amides is 1. The lowest BCUT2D eigenvalue weighted by Crippen LogP contribution is -2.35. The highest BCUT2D eigenvalue weighted by atomic mass is 32.2. The van der Waals surface area contributed by atoms with Crippen LogP contribution in [0.5, 0.6) is 5.75 Å². The lowest BCUT2D eigenvalue weighted by atomic mass is 10.1. The second-order valence-corrected chi connectivity index (χ2v) is 11.2. The molecule has 1 aromatic carbocycles. The van der Waals surface area contributed by atoms with Crippen LogP contribution < -0.4 is 10.1 Å². The van der Waals surface area contributed by atoms with E-state index in [2.05, 4.69) is 20.5 Å². The van der Waals surface area contributed by atoms with Gasteiger partial charge in [-0.25, -0.2) is 13.4 Å². The Bertz CT molecular complexity index is 1060. The van der Waals surface area contributed by atoms with Gasteiger partial charge < -0.3 is 10.1 Å². The number of sulfonamides is 1. The van der Waals surface area contributed by atoms with Crippen LogP contribution in [0.3, 0.4) is 0 Å². The minimum absolute atomic E-state index is 0.0897. The van der Waals surface area contributed by atoms with Gasteiger partial charge in [-0.15, -0.1) is 5.10 Å². The lowest BCUT2D eigenvalue weighted by molar-refractivity contribution is -0.113. The predicted octanol–water partition coefficient (Wildman–Crippen LogP) is 3.77. The Balaban J connectivity index is 1.42. The molecule has 0 bridgehead atoms. The summed E-state index contributed by atoms with van der Waals surface area (Å²) in [6, 6.07) is 4.75. The molecular weight excluding hydrogens is 462 g/mol. The van der Waals surface area contributed by atoms with Crippen molar-refractivity contribution in [2.45, 2.75) is 67.8 Å². The molecule has 0 atom stereocenters. The number of anilines is 1. The molecule has 2 N–H and O–H groups in total. The van der Waals surface area contributed by atoms with E-state index < -0.39 is 10.0 Å². The van der Waals surface area contributed by atoms with E-state index in [1.54, 1.807) is 12.1 Å². The van der Waals surface area contributed by atoms with Gasteiger partial charge >= 0.3 is 0 Å². The Morgan fingerprint density at radius 2 is 1.97 bits per heavy atom. The van der Waals surface area contributed by atoms with Gasteiger partial charge in [0.05, 0.1) is 12.4 Å². The molecule has 2 aliphatic rings. The summed E-state index contributed by atoms with van der Waals surface area (Å²) >= 11 is 1.25. The van der Waals surface area contributed by atoms with E-state index in [4.69, 9.17) is 4.74 Å². The van der Waals surface area contributed by atoms with Crippen LogP contribution in [-0.2, 0) is 14.8 Å². The number of thioether (sulfide) groups is 1. The van der Waals surface area contributed by atoms with Crippen LogP contribution >= 0.6 is 11.8 Å². The lowest BCUT2D eigenvalue weighted by Gasteiger charge is -2.27. The molecule has 2 aromatic rings. The fraction of sp³-hybridized carbons (Fsp3) is 0.591. The molecular formula is C22H31N5O4S2. The van der Waals surface area contributed by atoms with E-state index >= 15 is 0 Å². The van der Waals surface area contributed by atoms with E-state index in [1.165, 1.54) is 35.0 Å². The molecule has 1 saturated carbocycles. The molecule has 33 heavy (non-hydrogen) atoms. The van der Waals surface area contributed by atoms with Crippen LogP contribution in [0, 0.1) is 0 Å². The maximum atomic E-state index is 13.3. The third-order valence-corrected chi connectivity index (χ3v) is 8.78. The first-order chi connectivity index (χ1) is 16.0. The minimum atomic E-state index is -3.71. The number of nitrogens with zero attached hydrogens (tertiary/aromatic N) is 3. The molecule has 11 heteroatoms. The molecule has 1 saturated heterocycles. The fourth-order valence-corrected chi connectivity index (χ4v) is 6.62. The minimum Gasteiger partial charge on any atom is -0.492 e. The number of nitrogens with one attached hydrogen (secondary N) is 2. The van der Waals surface area contributed by atoms with E-state index in [9.17, 15) is 13.2 Å². The van der Waals surface area contributed by atoms with Crippen molar-refractivity contribution in [3.8, 4) is 5.75 Å². The number of aromatic amines is 1. The number of carbonyl (C=O) groups is 1. The van der Waals surface area contributed by atoms with Crippen molar-refractivity contribution >= 4 is 33.4 Å². The summed E-state index contributed by atoms with van der Waals surface area (Å²) in [6.07, 6.45) is 7.41. The Morgan fingerprint density at radius 3 is 2.70 bits per heavy atom. The normalized spacial score (nSPS) is 17.8. The van der Waals surface area contributed by atoms with Crippen molar-refractivity contribution < 1.29 is 17.9 Å². The number of aromatic nitrogens is 3. The predicted molar refractivity (Wildman–Crippen MR) is 127 cm³/mol. The van der Waals surface area contributed by atoms with Gasteiger partial charge in [0.25, 0.3) is 0 Å². The van der Waals surface area contributed by atoms with Gasteiger partial charge in [0, 0.05) is 24.7 Å². The summed E-state index contributed by atoms with van der Waals surface area (Å²) in [5.74, 6) is 1.51. The largest absolute Gasteiger partial charge is 0.492 e. The molecule has 1 aliphatic carbocycles. The average Bonchev–Trinajstić information content (AvgIpc) is 3.51. The summed E-state index contributed by atoms with van der Waals surface area (Å²) in [5, 5.41) is 10.6. The van der Waals surface area contributed by atoms with E-state index in [0.29, 0.717) is 42.2 Å². The maximum absolute atomic E-state index is 13.3. The SMILES string of the molecule is CCOc1ccc(NC(=O)CSc2n[nH]c(C3CCCC3)n2)cc1S(=O)(=O)N1CCCCC1. The average molecular weight is 494 g/mol. The molecule has 0 unspecified atom stereocenters. The summed E-state index contributed by atoms with van der Waals surface area (Å²) in [6.45, 7) is 3.16. The molecule has 180 valence electrons. The highest BCUT2D eigenvalue weighted by Gasteiger charge is 2.29. The van der Waals surface area contributed by atoms with E-state index in [0.717, 1.165) is 37.9 Å². The van der Waals surface area contributed by atoms with E-state index in [-0.39, 0.29) is 16.6 Å². The summed E-state index contributed by atoms with van der Waals surface area (Å²) < 4.78 is 33.6. The first-order valence-electron chi connectivity index (χ1n) is 11.6. The van der Waals surface area contributed by atoms with Crippen molar-refractivity contribution in [3.63, 3.8) is 0 Å². The van der Waals surface area contributed by atoms with Gasteiger partial charge in [0.2, 0.25) is 21.1 Å². The molecule has 4 rings (SSSR count). The molecule has 9 nitrogen and oxygen atoms in total. The second kappa shape index (κ2) is 10.9. The van der Waals surface area contributed by atoms with Crippen LogP contribution in [-0.4, -0.2) is 59.3 Å². The summed E-state index contributed by atoms with van der Waals surface area (Å²) in [5.41, 5.74) is 0.418. The number of hydrogen-bond donors (Lipinski definition) is 2. The molecule has 1 aliphatic heterocycles. The van der Waals surface area contributed by atoms with Gasteiger partial charge in [-0.1, -0.05) is 31.0 Å². The first kappa shape index (κ1) is 24.0. The molecule has 1 amide bonds. The molecule has 2 heterocycles. The monoisotopic (exact) mass is 493 g/mol. The van der Waals surface area contributed by atoms with Crippen LogP contribution in [0.1, 0.15) is 63.6 Å². The maximum Gasteiger partial charge on any atom is 0.246 e. The zero-order valence-corrected chi connectivity index (χ0v) is 20.5. The van der Waals surface area contributed by atoms with Crippen molar-refractivity contribution in [2.24, 2.45) is 0 Å². The van der Waals surface area contributed by atoms with Crippen molar-refractivity contribution in [2.75, 3.05) is 30.8 Å². The van der Waals surface area contributed by atoms with Crippen LogP contribution in [0.4, 0.5) is 5.69 Å². The Kier molecular flexibility index (Phi) is 7.92. The topological polar surface area (TPSA) is 117 Å². The fourth-order valence-electron chi connectivity index (χ4n) is 4.34. The highest BCUT2D eigenvalue weighted by molar-refractivity contribution is 7.99. The number of hydrogen-bond acceptors (Lipinski definition) is 7. The van der Waals surface area contributed by atoms with Crippen molar-refractivity contribution in [3.05, 3.63) is 24.0 Å². The second-order valence-electron chi connectivity index (χ2n) is 8.38. The molecule has 1 aromatic heterocycles. The Labute approximate surface area is 199 Å². The third kappa shape index (κ3) is 5.88. The van der Waals surface area contributed by atoms with Crippen LogP contribution in [0.15, 0.2) is 28.3 Å². The van der Waals surface area contributed by atoms with Gasteiger partial charge in [-0.05, 0) is 50.8 Å². The van der Waals surface area contributed by atoms with Crippen LogP contribution in [0.2, 0.25) is 0 Å². The quantitative estimate of drug-likeness (QED) is 0.511. The smallest absolute Gasteiger partial charge is 0.246 e. The number of carbonyl (C=O) groups excluding carboxylic acids is 1. The Morgan fingerprint density at radius 1 is 1.21 bits per heavy atom. The summed E-state index contributed by atoms with van der Waals surface area (Å²) in [7, 11) is -3.71.